The minimum Gasteiger partial charge on any atom is -0.357 e. The number of ether oxygens (including phenoxy) is 1. The molecule has 0 bridgehead atoms. The second kappa shape index (κ2) is 11.8. The van der Waals surface area contributed by atoms with Gasteiger partial charge in [-0.25, -0.2) is 0 Å². The van der Waals surface area contributed by atoms with Crippen molar-refractivity contribution < 1.29 is 4.74 Å². The lowest BCUT2D eigenvalue weighted by molar-refractivity contribution is -0.0111. The molecule has 2 nitrogen and oxygen atoms in total. The number of hydrogen-bond acceptors (Lipinski definition) is 2. The zero-order valence-corrected chi connectivity index (χ0v) is 27.0. The first-order valence-corrected chi connectivity index (χ1v) is 14.7. The van der Waals surface area contributed by atoms with E-state index in [1.54, 1.807) is 36.4 Å². The van der Waals surface area contributed by atoms with Crippen molar-refractivity contribution in [1.82, 2.24) is 6.15 Å². The summed E-state index contributed by atoms with van der Waals surface area (Å²) in [5.41, 5.74) is 2.27. The van der Waals surface area contributed by atoms with Crippen LogP contribution >= 0.6 is 104 Å². The molecular weight excluding hydrogens is 673 g/mol. The van der Waals surface area contributed by atoms with Crippen LogP contribution in [0.15, 0.2) is 72.8 Å². The molecule has 3 N–H and O–H groups in total. The Balaban J connectivity index is 0.00000400. The largest absolute Gasteiger partial charge is 0.357 e. The van der Waals surface area contributed by atoms with Gasteiger partial charge in [0, 0.05) is 16.7 Å². The van der Waals surface area contributed by atoms with E-state index in [-0.39, 0.29) is 12.3 Å². The Morgan fingerprint density at radius 3 is 1.00 bits per heavy atom. The number of hydrogen-bond donors (Lipinski definition) is 1. The van der Waals surface area contributed by atoms with Gasteiger partial charge in [-0.15, -0.1) is 0 Å². The SMILES string of the molecule is CC1C(C)C1OC(c1cccc(C(Cl)(Cl)Cl)c1)(c1cccc(C(Cl)(Cl)Cl)c1)c1cccc(C(Cl)(Cl)Cl)c1.N. The second-order valence-corrected chi connectivity index (χ2v) is 16.1. The molecule has 0 heterocycles. The maximum Gasteiger partial charge on any atom is 0.216 e. The fourth-order valence-corrected chi connectivity index (χ4v) is 5.54. The molecule has 1 aliphatic carbocycles. The van der Waals surface area contributed by atoms with E-state index in [2.05, 4.69) is 13.8 Å². The molecule has 3 aromatic rings. The van der Waals surface area contributed by atoms with E-state index in [4.69, 9.17) is 109 Å². The van der Waals surface area contributed by atoms with E-state index < -0.39 is 17.0 Å². The summed E-state index contributed by atoms with van der Waals surface area (Å²) < 4.78 is 2.05. The third-order valence-corrected chi connectivity index (χ3v) is 8.79. The van der Waals surface area contributed by atoms with Crippen LogP contribution in [0.2, 0.25) is 0 Å². The molecule has 4 rings (SSSR count). The summed E-state index contributed by atoms with van der Waals surface area (Å²) in [6, 6.07) is 21.7. The van der Waals surface area contributed by atoms with Gasteiger partial charge in [-0.05, 0) is 46.7 Å². The smallest absolute Gasteiger partial charge is 0.216 e. The highest BCUT2D eigenvalue weighted by Gasteiger charge is 2.51. The van der Waals surface area contributed by atoms with Gasteiger partial charge in [0.1, 0.15) is 5.60 Å². The molecule has 3 aromatic carbocycles. The maximum absolute atomic E-state index is 7.05. The second-order valence-electron chi connectivity index (χ2n) is 9.22. The molecule has 38 heavy (non-hydrogen) atoms. The summed E-state index contributed by atoms with van der Waals surface area (Å²) in [5.74, 6) is 0.617. The van der Waals surface area contributed by atoms with Gasteiger partial charge in [0.15, 0.2) is 0 Å². The topological polar surface area (TPSA) is 44.2 Å². The van der Waals surface area contributed by atoms with Crippen LogP contribution in [0.4, 0.5) is 0 Å². The lowest BCUT2D eigenvalue weighted by atomic mass is 9.78. The first kappa shape index (κ1) is 32.7. The molecular formula is C27H24Cl9NO. The average Bonchev–Trinajstić information content (AvgIpc) is 3.39. The minimum absolute atomic E-state index is 0. The van der Waals surface area contributed by atoms with Crippen molar-refractivity contribution in [2.45, 2.75) is 36.9 Å². The van der Waals surface area contributed by atoms with E-state index >= 15 is 0 Å². The number of halogens is 9. The van der Waals surface area contributed by atoms with Crippen molar-refractivity contribution in [2.75, 3.05) is 0 Å². The number of rotatable bonds is 5. The molecule has 0 spiro atoms. The predicted octanol–water partition coefficient (Wildman–Crippen LogP) is 11.3. The summed E-state index contributed by atoms with van der Waals surface area (Å²) in [6.07, 6.45) is -0.0794. The molecule has 1 aliphatic rings. The summed E-state index contributed by atoms with van der Waals surface area (Å²) in [4.78, 5) is 0. The molecule has 2 atom stereocenters. The van der Waals surface area contributed by atoms with Crippen LogP contribution in [0.1, 0.15) is 47.2 Å². The van der Waals surface area contributed by atoms with Gasteiger partial charge >= 0.3 is 0 Å². The van der Waals surface area contributed by atoms with Crippen molar-refractivity contribution in [3.8, 4) is 0 Å². The fraction of sp³-hybridized carbons (Fsp3) is 0.333. The van der Waals surface area contributed by atoms with Crippen LogP contribution in [-0.4, -0.2) is 6.10 Å². The van der Waals surface area contributed by atoms with Gasteiger partial charge in [0.05, 0.1) is 6.10 Å². The Morgan fingerprint density at radius 2 is 0.763 bits per heavy atom. The molecule has 0 saturated heterocycles. The summed E-state index contributed by atoms with van der Waals surface area (Å²) in [7, 11) is 0. The Morgan fingerprint density at radius 1 is 0.500 bits per heavy atom. The quantitative estimate of drug-likeness (QED) is 0.213. The average molecular weight is 698 g/mol. The summed E-state index contributed by atoms with van der Waals surface area (Å²) in [6.45, 7) is 4.26. The van der Waals surface area contributed by atoms with Crippen molar-refractivity contribution >= 4 is 104 Å². The van der Waals surface area contributed by atoms with Crippen LogP contribution in [0.25, 0.3) is 0 Å². The fourth-order valence-electron chi connectivity index (χ4n) is 4.48. The molecule has 11 heteroatoms. The lowest BCUT2D eigenvalue weighted by Crippen LogP contribution is -2.35. The number of benzene rings is 3. The van der Waals surface area contributed by atoms with Gasteiger partial charge in [-0.3, -0.25) is 0 Å². The van der Waals surface area contributed by atoms with E-state index in [0.717, 1.165) is 0 Å². The van der Waals surface area contributed by atoms with E-state index in [9.17, 15) is 0 Å². The van der Waals surface area contributed by atoms with Gasteiger partial charge in [-0.1, -0.05) is 173 Å². The van der Waals surface area contributed by atoms with E-state index in [1.165, 1.54) is 0 Å². The van der Waals surface area contributed by atoms with Gasteiger partial charge in [0.25, 0.3) is 0 Å². The summed E-state index contributed by atoms with van der Waals surface area (Å²) >= 11 is 56.6. The highest BCUT2D eigenvalue weighted by molar-refractivity contribution is 6.67. The Kier molecular flexibility index (Phi) is 10.2. The lowest BCUT2D eigenvalue weighted by Gasteiger charge is -2.38. The normalized spacial score (nSPS) is 20.1. The Labute approximate surface area is 268 Å². The van der Waals surface area contributed by atoms with Crippen molar-refractivity contribution in [3.63, 3.8) is 0 Å². The van der Waals surface area contributed by atoms with Gasteiger partial charge in [0.2, 0.25) is 11.4 Å². The zero-order valence-electron chi connectivity index (χ0n) is 20.2. The third-order valence-electron chi connectivity index (χ3n) is 6.83. The molecule has 2 unspecified atom stereocenters. The van der Waals surface area contributed by atoms with Crippen LogP contribution in [0.3, 0.4) is 0 Å². The molecule has 0 radical (unpaired) electrons. The maximum atomic E-state index is 7.05. The molecule has 1 saturated carbocycles. The van der Waals surface area contributed by atoms with Crippen LogP contribution in [0.5, 0.6) is 0 Å². The summed E-state index contributed by atoms with van der Waals surface area (Å²) in [5, 5.41) is 0. The van der Waals surface area contributed by atoms with E-state index in [0.29, 0.717) is 45.2 Å². The number of alkyl halides is 9. The van der Waals surface area contributed by atoms with Gasteiger partial charge < -0.3 is 10.9 Å². The van der Waals surface area contributed by atoms with Crippen LogP contribution in [0, 0.1) is 11.8 Å². The van der Waals surface area contributed by atoms with Crippen molar-refractivity contribution in [1.29, 1.82) is 0 Å². The highest BCUT2D eigenvalue weighted by Crippen LogP contribution is 2.53. The highest BCUT2D eigenvalue weighted by atomic mass is 35.6. The Hall–Kier alpha value is 0.190. The minimum atomic E-state index is -1.67. The van der Waals surface area contributed by atoms with E-state index in [1.807, 2.05) is 36.4 Å². The molecule has 0 amide bonds. The van der Waals surface area contributed by atoms with Crippen LogP contribution < -0.4 is 6.15 Å². The Bertz CT molecular complexity index is 1130. The third kappa shape index (κ3) is 6.80. The standard InChI is InChI=1S/C27H21Cl9O.H3N/c1-15-16(2)23(15)37-24(17-6-3-9-20(12-17)25(28,29)30,18-7-4-10-21(13-18)26(31,32)33)19-8-5-11-22(14-19)27(34,35)36;/h3-16,23H,1-2H3;1H3. The monoisotopic (exact) mass is 693 g/mol. The van der Waals surface area contributed by atoms with Crippen molar-refractivity contribution in [2.24, 2.45) is 11.8 Å². The first-order valence-electron chi connectivity index (χ1n) is 11.3. The molecule has 1 fully saturated rings. The van der Waals surface area contributed by atoms with Gasteiger partial charge in [-0.2, -0.15) is 0 Å². The molecule has 206 valence electrons. The zero-order chi connectivity index (χ0) is 27.4. The molecule has 0 aromatic heterocycles. The van der Waals surface area contributed by atoms with Crippen LogP contribution in [-0.2, 0) is 21.7 Å². The first-order chi connectivity index (χ1) is 17.0. The molecule has 0 aliphatic heterocycles. The predicted molar refractivity (Wildman–Crippen MR) is 165 cm³/mol. The van der Waals surface area contributed by atoms with Crippen molar-refractivity contribution in [3.05, 3.63) is 106 Å².